The number of sulfone groups is 1. The minimum Gasteiger partial charge on any atom is -0.303 e. The highest BCUT2D eigenvalue weighted by atomic mass is 32.2. The first-order chi connectivity index (χ1) is 7.80. The van der Waals surface area contributed by atoms with Crippen molar-refractivity contribution in [1.29, 1.82) is 0 Å². The van der Waals surface area contributed by atoms with Gasteiger partial charge in [0, 0.05) is 6.04 Å². The molecular formula is C13H19NO2S. The Hall–Kier alpha value is -0.870. The van der Waals surface area contributed by atoms with Crippen LogP contribution in [-0.4, -0.2) is 38.2 Å². The molecule has 0 radical (unpaired) electrons. The largest absolute Gasteiger partial charge is 0.303 e. The summed E-state index contributed by atoms with van der Waals surface area (Å²) in [6.45, 7) is 3.62. The number of benzene rings is 1. The Balaban J connectivity index is 2.48. The molecule has 1 fully saturated rings. The number of nitrogens with zero attached hydrogens (tertiary/aromatic N) is 1. The summed E-state index contributed by atoms with van der Waals surface area (Å²) in [7, 11) is 0.794. The van der Waals surface area contributed by atoms with Gasteiger partial charge in [0.05, 0.1) is 4.75 Å². The van der Waals surface area contributed by atoms with E-state index in [1.54, 1.807) is 0 Å². The molecule has 2 atom stereocenters. The van der Waals surface area contributed by atoms with Crippen molar-refractivity contribution >= 4 is 9.84 Å². The topological polar surface area (TPSA) is 37.4 Å². The SMILES string of the molecule is CN(C)[C@H]1[C@H](c2ccccc2)S(=O)(=O)C1(C)C. The van der Waals surface area contributed by atoms with Crippen LogP contribution in [0, 0.1) is 0 Å². The third-order valence-corrected chi connectivity index (χ3v) is 6.66. The van der Waals surface area contributed by atoms with Gasteiger partial charge in [-0.3, -0.25) is 0 Å². The van der Waals surface area contributed by atoms with Crippen LogP contribution in [0.25, 0.3) is 0 Å². The number of rotatable bonds is 2. The number of hydrogen-bond donors (Lipinski definition) is 0. The van der Waals surface area contributed by atoms with Crippen molar-refractivity contribution in [1.82, 2.24) is 4.90 Å². The highest BCUT2D eigenvalue weighted by Gasteiger charge is 2.62. The molecule has 3 nitrogen and oxygen atoms in total. The van der Waals surface area contributed by atoms with E-state index in [-0.39, 0.29) is 6.04 Å². The Morgan fingerprint density at radius 1 is 1.12 bits per heavy atom. The molecule has 0 unspecified atom stereocenters. The van der Waals surface area contributed by atoms with E-state index in [0.717, 1.165) is 5.56 Å². The molecule has 1 aliphatic rings. The summed E-state index contributed by atoms with van der Waals surface area (Å²) in [5.41, 5.74) is 0.894. The van der Waals surface area contributed by atoms with Crippen LogP contribution >= 0.6 is 0 Å². The maximum absolute atomic E-state index is 12.4. The normalized spacial score (nSPS) is 29.9. The fourth-order valence-corrected chi connectivity index (χ4v) is 5.41. The number of likely N-dealkylation sites (N-methyl/N-ethyl adjacent to an activating group) is 1. The van der Waals surface area contributed by atoms with Gasteiger partial charge in [0.2, 0.25) is 0 Å². The molecule has 1 aromatic carbocycles. The van der Waals surface area contributed by atoms with Gasteiger partial charge in [-0.2, -0.15) is 0 Å². The number of hydrogen-bond acceptors (Lipinski definition) is 3. The summed E-state index contributed by atoms with van der Waals surface area (Å²) in [6.07, 6.45) is 0. The van der Waals surface area contributed by atoms with Crippen LogP contribution < -0.4 is 0 Å². The Morgan fingerprint density at radius 3 is 2.12 bits per heavy atom. The van der Waals surface area contributed by atoms with E-state index in [2.05, 4.69) is 0 Å². The predicted molar refractivity (Wildman–Crippen MR) is 69.7 cm³/mol. The van der Waals surface area contributed by atoms with Gasteiger partial charge < -0.3 is 4.90 Å². The molecule has 1 saturated heterocycles. The molecule has 0 bridgehead atoms. The summed E-state index contributed by atoms with van der Waals surface area (Å²) in [5.74, 6) is 0. The molecule has 0 spiro atoms. The van der Waals surface area contributed by atoms with Crippen molar-refractivity contribution in [3.63, 3.8) is 0 Å². The van der Waals surface area contributed by atoms with Crippen molar-refractivity contribution in [3.05, 3.63) is 35.9 Å². The van der Waals surface area contributed by atoms with E-state index in [9.17, 15) is 8.42 Å². The third-order valence-electron chi connectivity index (χ3n) is 3.75. The Bertz CT molecular complexity index is 505. The van der Waals surface area contributed by atoms with Gasteiger partial charge in [-0.25, -0.2) is 8.42 Å². The molecular weight excluding hydrogens is 234 g/mol. The summed E-state index contributed by atoms with van der Waals surface area (Å²) in [4.78, 5) is 2.01. The molecule has 0 saturated carbocycles. The molecule has 1 aromatic rings. The third kappa shape index (κ3) is 1.62. The van der Waals surface area contributed by atoms with Crippen molar-refractivity contribution in [2.75, 3.05) is 14.1 Å². The summed E-state index contributed by atoms with van der Waals surface area (Å²) in [5, 5.41) is -0.395. The lowest BCUT2D eigenvalue weighted by Crippen LogP contribution is -2.66. The van der Waals surface area contributed by atoms with Crippen molar-refractivity contribution in [2.24, 2.45) is 0 Å². The second kappa shape index (κ2) is 3.82. The fraction of sp³-hybridized carbons (Fsp3) is 0.538. The molecule has 17 heavy (non-hydrogen) atoms. The van der Waals surface area contributed by atoms with E-state index in [1.165, 1.54) is 0 Å². The van der Waals surface area contributed by atoms with Crippen LogP contribution in [0.3, 0.4) is 0 Å². The summed E-state index contributed by atoms with van der Waals surface area (Å²) >= 11 is 0. The zero-order valence-corrected chi connectivity index (χ0v) is 11.5. The highest BCUT2D eigenvalue weighted by molar-refractivity contribution is 7.94. The van der Waals surface area contributed by atoms with Gasteiger partial charge in [0.1, 0.15) is 5.25 Å². The van der Waals surface area contributed by atoms with Gasteiger partial charge in [0.15, 0.2) is 9.84 Å². The van der Waals surface area contributed by atoms with E-state index in [4.69, 9.17) is 0 Å². The summed E-state index contributed by atoms with van der Waals surface area (Å²) in [6, 6.07) is 9.52. The summed E-state index contributed by atoms with van der Waals surface area (Å²) < 4.78 is 24.0. The molecule has 0 aromatic heterocycles. The minimum atomic E-state index is -3.09. The lowest BCUT2D eigenvalue weighted by molar-refractivity contribution is 0.200. The zero-order valence-electron chi connectivity index (χ0n) is 10.7. The van der Waals surface area contributed by atoms with Gasteiger partial charge in [-0.1, -0.05) is 30.3 Å². The van der Waals surface area contributed by atoms with Crippen LogP contribution in [0.4, 0.5) is 0 Å². The fourth-order valence-electron chi connectivity index (χ4n) is 2.85. The molecule has 0 N–H and O–H groups in total. The smallest absolute Gasteiger partial charge is 0.165 e. The van der Waals surface area contributed by atoms with Crippen LogP contribution in [0.15, 0.2) is 30.3 Å². The van der Waals surface area contributed by atoms with E-state index < -0.39 is 19.8 Å². The van der Waals surface area contributed by atoms with E-state index in [0.29, 0.717) is 0 Å². The van der Waals surface area contributed by atoms with Gasteiger partial charge >= 0.3 is 0 Å². The predicted octanol–water partition coefficient (Wildman–Crippen LogP) is 1.86. The highest BCUT2D eigenvalue weighted by Crippen LogP contribution is 2.51. The maximum atomic E-state index is 12.4. The lowest BCUT2D eigenvalue weighted by Gasteiger charge is -2.53. The van der Waals surface area contributed by atoms with E-state index in [1.807, 2.05) is 63.2 Å². The van der Waals surface area contributed by atoms with E-state index >= 15 is 0 Å². The molecule has 94 valence electrons. The molecule has 2 rings (SSSR count). The van der Waals surface area contributed by atoms with Crippen molar-refractivity contribution < 1.29 is 8.42 Å². The monoisotopic (exact) mass is 253 g/mol. The average molecular weight is 253 g/mol. The van der Waals surface area contributed by atoms with Crippen LogP contribution in [0.2, 0.25) is 0 Å². The second-order valence-electron chi connectivity index (χ2n) is 5.39. The lowest BCUT2D eigenvalue weighted by atomic mass is 9.92. The first-order valence-corrected chi connectivity index (χ1v) is 7.29. The molecule has 4 heteroatoms. The molecule has 0 aliphatic carbocycles. The Kier molecular flexibility index (Phi) is 2.83. The molecule has 1 aliphatic heterocycles. The zero-order chi connectivity index (χ0) is 12.8. The van der Waals surface area contributed by atoms with Crippen LogP contribution in [0.5, 0.6) is 0 Å². The molecule has 0 amide bonds. The minimum absolute atomic E-state index is 0.0369. The maximum Gasteiger partial charge on any atom is 0.165 e. The average Bonchev–Trinajstić information content (AvgIpc) is 2.25. The van der Waals surface area contributed by atoms with Gasteiger partial charge in [0.25, 0.3) is 0 Å². The van der Waals surface area contributed by atoms with Crippen LogP contribution in [0.1, 0.15) is 24.7 Å². The second-order valence-corrected chi connectivity index (χ2v) is 8.04. The first-order valence-electron chi connectivity index (χ1n) is 5.75. The van der Waals surface area contributed by atoms with Crippen molar-refractivity contribution in [2.45, 2.75) is 29.9 Å². The molecule has 1 heterocycles. The first kappa shape index (κ1) is 12.6. The Labute approximate surface area is 103 Å². The van der Waals surface area contributed by atoms with Gasteiger partial charge in [-0.15, -0.1) is 0 Å². The quantitative estimate of drug-likeness (QED) is 0.807. The standard InChI is InChI=1S/C13H19NO2S/c1-13(2)12(14(3)4)11(17(13,15)16)10-8-6-5-7-9-10/h5-9,11-12H,1-4H3/t11-,12-/m0/s1. The van der Waals surface area contributed by atoms with Crippen molar-refractivity contribution in [3.8, 4) is 0 Å². The van der Waals surface area contributed by atoms with Gasteiger partial charge in [-0.05, 0) is 33.5 Å². The van der Waals surface area contributed by atoms with Crippen LogP contribution in [-0.2, 0) is 9.84 Å². The Morgan fingerprint density at radius 2 is 1.65 bits per heavy atom.